The Morgan fingerprint density at radius 1 is 0.906 bits per heavy atom. The van der Waals surface area contributed by atoms with E-state index in [1.165, 1.54) is 12.1 Å². The molecule has 4 rings (SSSR count). The van der Waals surface area contributed by atoms with Gasteiger partial charge in [0.1, 0.15) is 18.2 Å². The molecule has 2 aliphatic heterocycles. The molecule has 2 saturated heterocycles. The average Bonchev–Trinajstić information content (AvgIpc) is 3.34. The number of ether oxygens (including phenoxy) is 1. The molecule has 0 saturated carbocycles. The van der Waals surface area contributed by atoms with Gasteiger partial charge in [-0.15, -0.1) is 0 Å². The number of nitrogens with one attached hydrogen (secondary N) is 1. The van der Waals surface area contributed by atoms with E-state index in [2.05, 4.69) is 10.2 Å². The van der Waals surface area contributed by atoms with Gasteiger partial charge in [-0.2, -0.15) is 0 Å². The number of halogens is 1. The van der Waals surface area contributed by atoms with Crippen LogP contribution in [0.3, 0.4) is 0 Å². The first-order chi connectivity index (χ1) is 15.6. The first-order valence-corrected chi connectivity index (χ1v) is 11.1. The number of carbonyl (C=O) groups is 2. The van der Waals surface area contributed by atoms with Crippen molar-refractivity contribution in [3.8, 4) is 5.75 Å². The van der Waals surface area contributed by atoms with Crippen molar-refractivity contribution in [2.45, 2.75) is 19.4 Å². The number of anilines is 1. The summed E-state index contributed by atoms with van der Waals surface area (Å²) in [6, 6.07) is 13.3. The summed E-state index contributed by atoms with van der Waals surface area (Å²) in [5.74, 6) is 0.486. The highest BCUT2D eigenvalue weighted by Gasteiger charge is 2.25. The van der Waals surface area contributed by atoms with E-state index in [1.807, 2.05) is 4.90 Å². The van der Waals surface area contributed by atoms with Gasteiger partial charge in [0.15, 0.2) is 0 Å². The Bertz CT molecular complexity index is 940. The molecule has 2 aromatic carbocycles. The molecule has 2 aromatic rings. The fourth-order valence-corrected chi connectivity index (χ4v) is 4.03. The Balaban J connectivity index is 1.23. The van der Waals surface area contributed by atoms with Gasteiger partial charge >= 0.3 is 6.03 Å². The monoisotopic (exact) mass is 440 g/mol. The van der Waals surface area contributed by atoms with Crippen molar-refractivity contribution in [2.75, 3.05) is 51.1 Å². The van der Waals surface area contributed by atoms with Gasteiger partial charge in [0.05, 0.1) is 6.54 Å². The summed E-state index contributed by atoms with van der Waals surface area (Å²) in [5.41, 5.74) is 1.37. The van der Waals surface area contributed by atoms with Crippen LogP contribution in [0.5, 0.6) is 5.75 Å². The average molecular weight is 441 g/mol. The van der Waals surface area contributed by atoms with E-state index in [-0.39, 0.29) is 24.4 Å². The zero-order valence-electron chi connectivity index (χ0n) is 18.1. The first-order valence-electron chi connectivity index (χ1n) is 11.1. The van der Waals surface area contributed by atoms with Gasteiger partial charge in [-0.3, -0.25) is 9.69 Å². The van der Waals surface area contributed by atoms with E-state index < -0.39 is 0 Å². The summed E-state index contributed by atoms with van der Waals surface area (Å²) in [7, 11) is 0. The maximum absolute atomic E-state index is 13.3. The van der Waals surface area contributed by atoms with Crippen molar-refractivity contribution in [2.24, 2.45) is 0 Å². The Kier molecular flexibility index (Phi) is 7.21. The summed E-state index contributed by atoms with van der Waals surface area (Å²) in [6.45, 7) is 4.93. The van der Waals surface area contributed by atoms with Crippen LogP contribution in [0.4, 0.5) is 14.9 Å². The third-order valence-corrected chi connectivity index (χ3v) is 5.86. The van der Waals surface area contributed by atoms with Crippen LogP contribution >= 0.6 is 0 Å². The molecule has 2 fully saturated rings. The molecule has 7 nitrogen and oxygen atoms in total. The molecule has 170 valence electrons. The second kappa shape index (κ2) is 10.5. The van der Waals surface area contributed by atoms with E-state index in [4.69, 9.17) is 4.74 Å². The summed E-state index contributed by atoms with van der Waals surface area (Å²) in [4.78, 5) is 30.8. The standard InChI is InChI=1S/C24H29FN4O3/c25-20-6-3-5-19(15-20)18-32-22-8-4-7-21(16-22)26-24(31)29-13-11-27(12-14-29)17-23(30)28-9-1-2-10-28/h3-8,15-16H,1-2,9-14,17-18H2,(H,26,31). The number of benzene rings is 2. The van der Waals surface area contributed by atoms with E-state index in [0.29, 0.717) is 44.2 Å². The minimum atomic E-state index is -0.298. The number of likely N-dealkylation sites (tertiary alicyclic amines) is 1. The smallest absolute Gasteiger partial charge is 0.321 e. The number of urea groups is 1. The Morgan fingerprint density at radius 2 is 1.66 bits per heavy atom. The Morgan fingerprint density at radius 3 is 2.41 bits per heavy atom. The number of nitrogens with zero attached hydrogens (tertiary/aromatic N) is 3. The third-order valence-electron chi connectivity index (χ3n) is 5.86. The van der Waals surface area contributed by atoms with Crippen molar-refractivity contribution in [3.05, 3.63) is 59.9 Å². The van der Waals surface area contributed by atoms with Crippen molar-refractivity contribution in [1.82, 2.24) is 14.7 Å². The molecule has 0 spiro atoms. The quantitative estimate of drug-likeness (QED) is 0.750. The molecule has 0 aromatic heterocycles. The lowest BCUT2D eigenvalue weighted by molar-refractivity contribution is -0.131. The molecule has 0 radical (unpaired) electrons. The van der Waals surface area contributed by atoms with Crippen LogP contribution < -0.4 is 10.1 Å². The summed E-state index contributed by atoms with van der Waals surface area (Å²) in [6.07, 6.45) is 2.19. The summed E-state index contributed by atoms with van der Waals surface area (Å²) < 4.78 is 19.0. The fraction of sp³-hybridized carbons (Fsp3) is 0.417. The number of piperazine rings is 1. The third kappa shape index (κ3) is 5.97. The minimum absolute atomic E-state index is 0.169. The lowest BCUT2D eigenvalue weighted by atomic mass is 10.2. The predicted octanol–water partition coefficient (Wildman–Crippen LogP) is 3.18. The molecule has 8 heteroatoms. The van der Waals surface area contributed by atoms with Crippen molar-refractivity contribution in [3.63, 3.8) is 0 Å². The van der Waals surface area contributed by atoms with Gasteiger partial charge in [-0.05, 0) is 42.7 Å². The van der Waals surface area contributed by atoms with Gasteiger partial charge in [0, 0.05) is 51.0 Å². The Labute approximate surface area is 187 Å². The normalized spacial score (nSPS) is 16.8. The molecule has 0 unspecified atom stereocenters. The van der Waals surface area contributed by atoms with E-state index in [1.54, 1.807) is 41.3 Å². The molecule has 2 aliphatic rings. The largest absolute Gasteiger partial charge is 0.489 e. The van der Waals surface area contributed by atoms with Crippen molar-refractivity contribution in [1.29, 1.82) is 0 Å². The summed E-state index contributed by atoms with van der Waals surface area (Å²) in [5, 5.41) is 2.91. The van der Waals surface area contributed by atoms with Gasteiger partial charge in [-0.1, -0.05) is 18.2 Å². The lowest BCUT2D eigenvalue weighted by Gasteiger charge is -2.35. The van der Waals surface area contributed by atoms with Crippen LogP contribution in [0.2, 0.25) is 0 Å². The molecule has 0 bridgehead atoms. The second-order valence-electron chi connectivity index (χ2n) is 8.23. The number of rotatable bonds is 6. The zero-order valence-corrected chi connectivity index (χ0v) is 18.1. The molecule has 0 aliphatic carbocycles. The topological polar surface area (TPSA) is 65.1 Å². The summed E-state index contributed by atoms with van der Waals surface area (Å²) >= 11 is 0. The van der Waals surface area contributed by atoms with Crippen LogP contribution in [0.15, 0.2) is 48.5 Å². The van der Waals surface area contributed by atoms with Gasteiger partial charge in [-0.25, -0.2) is 9.18 Å². The molecular formula is C24H29FN4O3. The molecule has 2 heterocycles. The highest BCUT2D eigenvalue weighted by molar-refractivity contribution is 5.89. The number of carbonyl (C=O) groups excluding carboxylic acids is 2. The molecule has 1 N–H and O–H groups in total. The first kappa shape index (κ1) is 22.1. The molecule has 32 heavy (non-hydrogen) atoms. The number of amides is 3. The highest BCUT2D eigenvalue weighted by Crippen LogP contribution is 2.20. The molecule has 0 atom stereocenters. The fourth-order valence-electron chi connectivity index (χ4n) is 4.03. The van der Waals surface area contributed by atoms with E-state index in [0.717, 1.165) is 31.5 Å². The van der Waals surface area contributed by atoms with Crippen LogP contribution in [0.25, 0.3) is 0 Å². The predicted molar refractivity (Wildman–Crippen MR) is 120 cm³/mol. The zero-order chi connectivity index (χ0) is 22.3. The highest BCUT2D eigenvalue weighted by atomic mass is 19.1. The van der Waals surface area contributed by atoms with Crippen LogP contribution in [-0.2, 0) is 11.4 Å². The van der Waals surface area contributed by atoms with Crippen LogP contribution in [-0.4, -0.2) is 72.5 Å². The van der Waals surface area contributed by atoms with Gasteiger partial charge in [0.25, 0.3) is 0 Å². The minimum Gasteiger partial charge on any atom is -0.489 e. The molecular weight excluding hydrogens is 411 g/mol. The SMILES string of the molecule is O=C(CN1CCN(C(=O)Nc2cccc(OCc3cccc(F)c3)c2)CC1)N1CCCC1. The van der Waals surface area contributed by atoms with E-state index >= 15 is 0 Å². The van der Waals surface area contributed by atoms with Crippen molar-refractivity contribution < 1.29 is 18.7 Å². The number of hydrogen-bond acceptors (Lipinski definition) is 4. The van der Waals surface area contributed by atoms with E-state index in [9.17, 15) is 14.0 Å². The van der Waals surface area contributed by atoms with Crippen LogP contribution in [0, 0.1) is 5.82 Å². The van der Waals surface area contributed by atoms with Gasteiger partial charge < -0.3 is 19.9 Å². The lowest BCUT2D eigenvalue weighted by Crippen LogP contribution is -2.52. The maximum atomic E-state index is 13.3. The van der Waals surface area contributed by atoms with Crippen molar-refractivity contribution >= 4 is 17.6 Å². The number of hydrogen-bond donors (Lipinski definition) is 1. The second-order valence-corrected chi connectivity index (χ2v) is 8.23. The van der Waals surface area contributed by atoms with Gasteiger partial charge in [0.2, 0.25) is 5.91 Å². The maximum Gasteiger partial charge on any atom is 0.321 e. The molecule has 3 amide bonds. The van der Waals surface area contributed by atoms with Crippen LogP contribution in [0.1, 0.15) is 18.4 Å². The Hall–Kier alpha value is -3.13.